The van der Waals surface area contributed by atoms with Gasteiger partial charge in [-0.15, -0.1) is 0 Å². The first kappa shape index (κ1) is 20.7. The molecule has 0 saturated carbocycles. The lowest BCUT2D eigenvalue weighted by atomic mass is 9.80. The van der Waals surface area contributed by atoms with Crippen molar-refractivity contribution in [1.82, 2.24) is 5.32 Å². The Morgan fingerprint density at radius 3 is 2.26 bits per heavy atom. The number of carboxylic acids is 1. The second-order valence-corrected chi connectivity index (χ2v) is 6.97. The number of hydrogen-bond acceptors (Lipinski definition) is 2. The largest absolute Gasteiger partial charge is 0.481 e. The van der Waals surface area contributed by atoms with E-state index in [-0.39, 0.29) is 12.3 Å². The summed E-state index contributed by atoms with van der Waals surface area (Å²) in [6.07, 6.45) is 2.70. The number of benzene rings is 2. The van der Waals surface area contributed by atoms with Gasteiger partial charge in [-0.1, -0.05) is 62.7 Å². The standard InChI is InChI=1S/C23H29NO3/c1-3-8-21(17(2)18-9-5-4-6-10-18)19-12-14-20(15-13-19)23(27)24-16-7-11-22(25)26/h4-6,9-10,12-15,17,21H,3,7-8,11,16H2,1-2H3,(H,24,27)(H,25,26)/t17?,21-/m0/s1. The van der Waals surface area contributed by atoms with Crippen LogP contribution in [0.4, 0.5) is 0 Å². The second kappa shape index (κ2) is 10.5. The maximum atomic E-state index is 12.2. The number of amides is 1. The molecule has 1 unspecified atom stereocenters. The number of carbonyl (C=O) groups is 2. The van der Waals surface area contributed by atoms with E-state index in [9.17, 15) is 9.59 Å². The van der Waals surface area contributed by atoms with E-state index in [1.54, 1.807) is 0 Å². The zero-order chi connectivity index (χ0) is 19.6. The minimum Gasteiger partial charge on any atom is -0.481 e. The SMILES string of the molecule is CCC[C@H](c1ccc(C(=O)NCCCC(=O)O)cc1)C(C)c1ccccc1. The summed E-state index contributed by atoms with van der Waals surface area (Å²) in [5, 5.41) is 11.4. The van der Waals surface area contributed by atoms with Crippen LogP contribution in [0.25, 0.3) is 0 Å². The zero-order valence-electron chi connectivity index (χ0n) is 16.2. The first-order valence-electron chi connectivity index (χ1n) is 9.67. The second-order valence-electron chi connectivity index (χ2n) is 6.97. The molecular formula is C23H29NO3. The first-order chi connectivity index (χ1) is 13.0. The van der Waals surface area contributed by atoms with Crippen molar-refractivity contribution in [1.29, 1.82) is 0 Å². The van der Waals surface area contributed by atoms with Crippen molar-refractivity contribution in [2.24, 2.45) is 0 Å². The Balaban J connectivity index is 2.04. The molecule has 2 aromatic carbocycles. The number of carboxylic acid groups (broad SMARTS) is 1. The number of carbonyl (C=O) groups excluding carboxylic acids is 1. The van der Waals surface area contributed by atoms with Gasteiger partial charge in [-0.05, 0) is 47.9 Å². The maximum absolute atomic E-state index is 12.2. The normalized spacial score (nSPS) is 13.0. The highest BCUT2D eigenvalue weighted by molar-refractivity contribution is 5.94. The highest BCUT2D eigenvalue weighted by atomic mass is 16.4. The summed E-state index contributed by atoms with van der Waals surface area (Å²) in [7, 11) is 0. The van der Waals surface area contributed by atoms with Crippen LogP contribution < -0.4 is 5.32 Å². The molecule has 0 spiro atoms. The van der Waals surface area contributed by atoms with E-state index in [1.165, 1.54) is 11.1 Å². The minimum atomic E-state index is -0.844. The van der Waals surface area contributed by atoms with E-state index in [4.69, 9.17) is 5.11 Å². The van der Waals surface area contributed by atoms with Crippen LogP contribution in [-0.4, -0.2) is 23.5 Å². The molecule has 0 heterocycles. The van der Waals surface area contributed by atoms with Gasteiger partial charge in [-0.3, -0.25) is 9.59 Å². The molecule has 27 heavy (non-hydrogen) atoms. The van der Waals surface area contributed by atoms with Gasteiger partial charge in [0.15, 0.2) is 0 Å². The van der Waals surface area contributed by atoms with Crippen LogP contribution in [0, 0.1) is 0 Å². The topological polar surface area (TPSA) is 66.4 Å². The maximum Gasteiger partial charge on any atom is 0.303 e. The Bertz CT molecular complexity index is 725. The van der Waals surface area contributed by atoms with Gasteiger partial charge in [0, 0.05) is 18.5 Å². The van der Waals surface area contributed by atoms with Gasteiger partial charge < -0.3 is 10.4 Å². The fourth-order valence-corrected chi connectivity index (χ4v) is 3.43. The molecule has 2 aromatic rings. The molecule has 0 saturated heterocycles. The molecule has 2 N–H and O–H groups in total. The van der Waals surface area contributed by atoms with Crippen molar-refractivity contribution in [3.63, 3.8) is 0 Å². The van der Waals surface area contributed by atoms with Crippen LogP contribution in [0.1, 0.15) is 72.9 Å². The smallest absolute Gasteiger partial charge is 0.303 e. The Morgan fingerprint density at radius 1 is 1.00 bits per heavy atom. The minimum absolute atomic E-state index is 0.0648. The third kappa shape index (κ3) is 6.24. The van der Waals surface area contributed by atoms with Crippen molar-refractivity contribution >= 4 is 11.9 Å². The summed E-state index contributed by atoms with van der Waals surface area (Å²) in [5.41, 5.74) is 3.18. The molecule has 2 atom stereocenters. The van der Waals surface area contributed by atoms with E-state index in [0.29, 0.717) is 30.4 Å². The molecule has 4 heteroatoms. The first-order valence-corrected chi connectivity index (χ1v) is 9.67. The molecule has 144 valence electrons. The van der Waals surface area contributed by atoms with Crippen molar-refractivity contribution in [3.05, 3.63) is 71.3 Å². The molecule has 0 bridgehead atoms. The van der Waals surface area contributed by atoms with Crippen molar-refractivity contribution < 1.29 is 14.7 Å². The third-order valence-electron chi connectivity index (χ3n) is 4.98. The Hall–Kier alpha value is -2.62. The molecular weight excluding hydrogens is 338 g/mol. The van der Waals surface area contributed by atoms with Crippen LogP contribution in [0.3, 0.4) is 0 Å². The lowest BCUT2D eigenvalue weighted by Crippen LogP contribution is -2.24. The summed E-state index contributed by atoms with van der Waals surface area (Å²) < 4.78 is 0. The molecule has 0 aromatic heterocycles. The van der Waals surface area contributed by atoms with E-state index in [1.807, 2.05) is 30.3 Å². The average Bonchev–Trinajstić information content (AvgIpc) is 2.69. The number of aliphatic carboxylic acids is 1. The lowest BCUT2D eigenvalue weighted by Gasteiger charge is -2.25. The zero-order valence-corrected chi connectivity index (χ0v) is 16.2. The van der Waals surface area contributed by atoms with Gasteiger partial charge in [0.1, 0.15) is 0 Å². The van der Waals surface area contributed by atoms with Crippen molar-refractivity contribution in [2.75, 3.05) is 6.54 Å². The summed E-state index contributed by atoms with van der Waals surface area (Å²) in [6, 6.07) is 18.4. The lowest BCUT2D eigenvalue weighted by molar-refractivity contribution is -0.137. The van der Waals surface area contributed by atoms with Crippen LogP contribution in [0.15, 0.2) is 54.6 Å². The van der Waals surface area contributed by atoms with Gasteiger partial charge >= 0.3 is 5.97 Å². The molecule has 0 aliphatic rings. The van der Waals surface area contributed by atoms with Gasteiger partial charge in [-0.25, -0.2) is 0 Å². The van der Waals surface area contributed by atoms with Crippen molar-refractivity contribution in [2.45, 2.75) is 51.4 Å². The summed E-state index contributed by atoms with van der Waals surface area (Å²) in [6.45, 7) is 4.83. The van der Waals surface area contributed by atoms with Gasteiger partial charge in [0.05, 0.1) is 0 Å². The van der Waals surface area contributed by atoms with Crippen LogP contribution in [0.2, 0.25) is 0 Å². The quantitative estimate of drug-likeness (QED) is 0.583. The average molecular weight is 367 g/mol. The highest BCUT2D eigenvalue weighted by Gasteiger charge is 2.20. The van der Waals surface area contributed by atoms with Gasteiger partial charge in [0.25, 0.3) is 5.91 Å². The molecule has 0 fully saturated rings. The van der Waals surface area contributed by atoms with Gasteiger partial charge in [-0.2, -0.15) is 0 Å². The predicted molar refractivity (Wildman–Crippen MR) is 108 cm³/mol. The Kier molecular flexibility index (Phi) is 8.05. The Labute approximate surface area is 161 Å². The van der Waals surface area contributed by atoms with Gasteiger partial charge in [0.2, 0.25) is 0 Å². The summed E-state index contributed by atoms with van der Waals surface area (Å²) in [5.74, 6) is -0.190. The number of rotatable bonds is 10. The Morgan fingerprint density at radius 2 is 1.67 bits per heavy atom. The third-order valence-corrected chi connectivity index (χ3v) is 4.98. The van der Waals surface area contributed by atoms with Crippen LogP contribution >= 0.6 is 0 Å². The number of hydrogen-bond donors (Lipinski definition) is 2. The summed E-state index contributed by atoms with van der Waals surface area (Å²) >= 11 is 0. The van der Waals surface area contributed by atoms with Crippen molar-refractivity contribution in [3.8, 4) is 0 Å². The highest BCUT2D eigenvalue weighted by Crippen LogP contribution is 2.36. The number of nitrogens with one attached hydrogen (secondary N) is 1. The molecule has 1 amide bonds. The van der Waals surface area contributed by atoms with E-state index in [2.05, 4.69) is 43.4 Å². The van der Waals surface area contributed by atoms with E-state index < -0.39 is 5.97 Å². The monoisotopic (exact) mass is 367 g/mol. The summed E-state index contributed by atoms with van der Waals surface area (Å²) in [4.78, 5) is 22.7. The molecule has 2 rings (SSSR count). The van der Waals surface area contributed by atoms with E-state index in [0.717, 1.165) is 12.8 Å². The molecule has 0 aliphatic heterocycles. The van der Waals surface area contributed by atoms with Crippen LogP contribution in [0.5, 0.6) is 0 Å². The van der Waals surface area contributed by atoms with E-state index >= 15 is 0 Å². The fraction of sp³-hybridized carbons (Fsp3) is 0.391. The van der Waals surface area contributed by atoms with Crippen LogP contribution in [-0.2, 0) is 4.79 Å². The molecule has 0 radical (unpaired) electrons. The predicted octanol–water partition coefficient (Wildman–Crippen LogP) is 4.97. The fourth-order valence-electron chi connectivity index (χ4n) is 3.43. The molecule has 0 aliphatic carbocycles. The molecule has 4 nitrogen and oxygen atoms in total.